The first kappa shape index (κ1) is 20.4. The maximum Gasteiger partial charge on any atom is 0.309 e. The fourth-order valence-corrected chi connectivity index (χ4v) is 5.66. The molecule has 1 aromatic carbocycles. The largest absolute Gasteiger partial charge is 0.481 e. The van der Waals surface area contributed by atoms with Gasteiger partial charge in [-0.2, -0.15) is 5.10 Å². The highest BCUT2D eigenvalue weighted by atomic mass is 19.1. The molecular weight excluding hydrogens is 423 g/mol. The number of aliphatic carboxylic acids is 1. The van der Waals surface area contributed by atoms with Gasteiger partial charge in [-0.1, -0.05) is 0 Å². The highest BCUT2D eigenvalue weighted by Gasteiger charge is 2.49. The number of carboxylic acid groups (broad SMARTS) is 1. The first-order valence-electron chi connectivity index (χ1n) is 11.4. The molecule has 0 unspecified atom stereocenters. The Hall–Kier alpha value is -3.26. The van der Waals surface area contributed by atoms with Crippen LogP contribution in [0.3, 0.4) is 0 Å². The van der Waals surface area contributed by atoms with E-state index in [1.54, 1.807) is 18.3 Å². The minimum Gasteiger partial charge on any atom is -0.481 e. The number of ether oxygens (including phenoxy) is 1. The van der Waals surface area contributed by atoms with Crippen molar-refractivity contribution in [2.24, 2.45) is 5.41 Å². The van der Waals surface area contributed by atoms with E-state index in [1.165, 1.54) is 12.1 Å². The van der Waals surface area contributed by atoms with Crippen molar-refractivity contribution >= 4 is 28.0 Å². The Labute approximate surface area is 189 Å². The van der Waals surface area contributed by atoms with Gasteiger partial charge in [0, 0.05) is 41.5 Å². The molecule has 170 valence electrons. The van der Waals surface area contributed by atoms with Crippen molar-refractivity contribution in [1.29, 1.82) is 0 Å². The van der Waals surface area contributed by atoms with Gasteiger partial charge in [0.2, 0.25) is 0 Å². The van der Waals surface area contributed by atoms with Crippen molar-refractivity contribution < 1.29 is 19.0 Å². The van der Waals surface area contributed by atoms with Gasteiger partial charge in [-0.3, -0.25) is 9.89 Å². The first-order valence-corrected chi connectivity index (χ1v) is 11.4. The van der Waals surface area contributed by atoms with Gasteiger partial charge >= 0.3 is 5.97 Å². The number of rotatable bonds is 4. The molecule has 1 saturated heterocycles. The van der Waals surface area contributed by atoms with Gasteiger partial charge in [0.05, 0.1) is 22.6 Å². The van der Waals surface area contributed by atoms with Gasteiger partial charge in [0.15, 0.2) is 5.65 Å². The van der Waals surface area contributed by atoms with Crippen LogP contribution in [0.25, 0.3) is 27.8 Å². The number of hydrogen-bond donors (Lipinski definition) is 2. The zero-order valence-corrected chi connectivity index (χ0v) is 18.3. The van der Waals surface area contributed by atoms with E-state index in [1.807, 2.05) is 6.92 Å². The fraction of sp³-hybridized carbons (Fsp3) is 0.400. The third-order valence-corrected chi connectivity index (χ3v) is 7.43. The molecule has 0 spiro atoms. The minimum absolute atomic E-state index is 0.0982. The molecule has 2 aliphatic rings. The van der Waals surface area contributed by atoms with Gasteiger partial charge in [-0.05, 0) is 68.9 Å². The summed E-state index contributed by atoms with van der Waals surface area (Å²) >= 11 is 0. The molecule has 2 fully saturated rings. The van der Waals surface area contributed by atoms with Crippen molar-refractivity contribution in [3.05, 3.63) is 53.6 Å². The maximum atomic E-state index is 13.8. The lowest BCUT2D eigenvalue weighted by Crippen LogP contribution is -2.40. The molecule has 1 aliphatic heterocycles. The number of halogens is 1. The van der Waals surface area contributed by atoms with Crippen molar-refractivity contribution in [3.8, 4) is 5.69 Å². The summed E-state index contributed by atoms with van der Waals surface area (Å²) in [5.74, 6) is -0.686. The van der Waals surface area contributed by atoms with E-state index in [2.05, 4.69) is 20.8 Å². The molecule has 3 aromatic heterocycles. The van der Waals surface area contributed by atoms with E-state index < -0.39 is 11.4 Å². The number of carbonyl (C=O) groups is 1. The van der Waals surface area contributed by atoms with E-state index in [-0.39, 0.29) is 17.7 Å². The van der Waals surface area contributed by atoms with Gasteiger partial charge < -0.3 is 14.4 Å². The Kier molecular flexibility index (Phi) is 4.55. The molecule has 1 aliphatic carbocycles. The summed E-state index contributed by atoms with van der Waals surface area (Å²) in [5.41, 5.74) is 4.95. The number of carboxylic acids is 1. The lowest BCUT2D eigenvalue weighted by atomic mass is 9.60. The normalized spacial score (nSPS) is 23.8. The number of pyridine rings is 1. The smallest absolute Gasteiger partial charge is 0.309 e. The standard InChI is InChI=1S/C25H25FN4O3/c1-25(24(31)32)11-16(12-25)20-21-19(10-15-13-27-29-23(15)28-21)30(18-4-2-17(26)3-5-18)22(20)14-6-8-33-9-7-14/h2-5,10,13-14,16H,6-9,11-12H2,1H3,(H,31,32)(H,27,28,29). The van der Waals surface area contributed by atoms with E-state index in [9.17, 15) is 14.3 Å². The average Bonchev–Trinajstić information content (AvgIpc) is 3.38. The molecule has 0 amide bonds. The van der Waals surface area contributed by atoms with E-state index >= 15 is 0 Å². The number of nitrogens with one attached hydrogen (secondary N) is 1. The summed E-state index contributed by atoms with van der Waals surface area (Å²) in [7, 11) is 0. The molecule has 33 heavy (non-hydrogen) atoms. The summed E-state index contributed by atoms with van der Waals surface area (Å²) < 4.78 is 21.6. The third-order valence-electron chi connectivity index (χ3n) is 7.43. The van der Waals surface area contributed by atoms with Crippen LogP contribution in [0.1, 0.15) is 55.7 Å². The topological polar surface area (TPSA) is 93.0 Å². The lowest BCUT2D eigenvalue weighted by molar-refractivity contribution is -0.154. The van der Waals surface area contributed by atoms with E-state index in [4.69, 9.17) is 9.72 Å². The first-order chi connectivity index (χ1) is 15.9. The molecule has 8 heteroatoms. The number of H-pyrrole nitrogens is 1. The predicted molar refractivity (Wildman–Crippen MR) is 121 cm³/mol. The monoisotopic (exact) mass is 448 g/mol. The summed E-state index contributed by atoms with van der Waals surface area (Å²) in [6.07, 6.45) is 4.66. The van der Waals surface area contributed by atoms with Crippen LogP contribution in [-0.2, 0) is 9.53 Å². The van der Waals surface area contributed by atoms with Crippen molar-refractivity contribution in [2.45, 2.75) is 44.4 Å². The summed E-state index contributed by atoms with van der Waals surface area (Å²) in [6.45, 7) is 3.19. The van der Waals surface area contributed by atoms with Crippen molar-refractivity contribution in [1.82, 2.24) is 19.7 Å². The minimum atomic E-state index is -0.752. The second-order valence-corrected chi connectivity index (χ2v) is 9.63. The van der Waals surface area contributed by atoms with E-state index in [0.29, 0.717) is 31.7 Å². The number of aromatic amines is 1. The average molecular weight is 448 g/mol. The fourth-order valence-electron chi connectivity index (χ4n) is 5.66. The molecule has 4 heterocycles. The van der Waals surface area contributed by atoms with Gasteiger partial charge in [-0.25, -0.2) is 9.37 Å². The number of aromatic nitrogens is 4. The zero-order chi connectivity index (χ0) is 22.7. The van der Waals surface area contributed by atoms with Crippen LogP contribution in [0.4, 0.5) is 4.39 Å². The number of hydrogen-bond acceptors (Lipinski definition) is 4. The van der Waals surface area contributed by atoms with Gasteiger partial charge in [-0.15, -0.1) is 0 Å². The Balaban J connectivity index is 1.64. The molecule has 4 aromatic rings. The Morgan fingerprint density at radius 3 is 2.64 bits per heavy atom. The highest BCUT2D eigenvalue weighted by molar-refractivity contribution is 5.94. The van der Waals surface area contributed by atoms with Crippen molar-refractivity contribution in [3.63, 3.8) is 0 Å². The zero-order valence-electron chi connectivity index (χ0n) is 18.3. The molecule has 7 nitrogen and oxygen atoms in total. The van der Waals surface area contributed by atoms with Crippen LogP contribution >= 0.6 is 0 Å². The van der Waals surface area contributed by atoms with E-state index in [0.717, 1.165) is 46.2 Å². The summed E-state index contributed by atoms with van der Waals surface area (Å²) in [4.78, 5) is 16.8. The van der Waals surface area contributed by atoms with Crippen LogP contribution in [-0.4, -0.2) is 44.0 Å². The second-order valence-electron chi connectivity index (χ2n) is 9.63. The molecule has 0 bridgehead atoms. The van der Waals surface area contributed by atoms with Gasteiger partial charge in [0.25, 0.3) is 0 Å². The van der Waals surface area contributed by atoms with Crippen LogP contribution in [0.5, 0.6) is 0 Å². The van der Waals surface area contributed by atoms with Crippen LogP contribution < -0.4 is 0 Å². The van der Waals surface area contributed by atoms with Gasteiger partial charge in [0.1, 0.15) is 5.82 Å². The Bertz CT molecular complexity index is 1360. The Morgan fingerprint density at radius 2 is 1.94 bits per heavy atom. The second kappa shape index (κ2) is 7.38. The number of nitrogens with zero attached hydrogens (tertiary/aromatic N) is 3. The summed E-state index contributed by atoms with van der Waals surface area (Å²) in [6, 6.07) is 8.62. The molecular formula is C25H25FN4O3. The van der Waals surface area contributed by atoms with Crippen LogP contribution in [0.2, 0.25) is 0 Å². The molecule has 2 N–H and O–H groups in total. The maximum absolute atomic E-state index is 13.8. The molecule has 6 rings (SSSR count). The van der Waals surface area contributed by atoms with Crippen LogP contribution in [0, 0.1) is 11.2 Å². The summed E-state index contributed by atoms with van der Waals surface area (Å²) in [5, 5.41) is 17.7. The predicted octanol–water partition coefficient (Wildman–Crippen LogP) is 4.90. The molecule has 0 atom stereocenters. The Morgan fingerprint density at radius 1 is 1.21 bits per heavy atom. The SMILES string of the molecule is CC1(C(=O)O)CC(c2c(C3CCOCC3)n(-c3ccc(F)cc3)c3cc4cn[nH]c4nc23)C1. The van der Waals surface area contributed by atoms with Crippen LogP contribution in [0.15, 0.2) is 36.5 Å². The highest BCUT2D eigenvalue weighted by Crippen LogP contribution is 2.55. The number of fused-ring (bicyclic) bond motifs is 2. The lowest BCUT2D eigenvalue weighted by Gasteiger charge is -2.42. The molecule has 1 saturated carbocycles. The third kappa shape index (κ3) is 3.15. The molecule has 0 radical (unpaired) electrons. The number of benzene rings is 1. The van der Waals surface area contributed by atoms with Crippen molar-refractivity contribution in [2.75, 3.05) is 13.2 Å². The quantitative estimate of drug-likeness (QED) is 0.463.